The lowest BCUT2D eigenvalue weighted by Crippen LogP contribution is -2.35. The van der Waals surface area contributed by atoms with Crippen LogP contribution >= 0.6 is 11.3 Å². The van der Waals surface area contributed by atoms with E-state index in [2.05, 4.69) is 10.3 Å². The first kappa shape index (κ1) is 19.8. The van der Waals surface area contributed by atoms with Crippen LogP contribution in [0.15, 0.2) is 48.5 Å². The lowest BCUT2D eigenvalue weighted by molar-refractivity contribution is -0.121. The van der Waals surface area contributed by atoms with Crippen molar-refractivity contribution in [2.45, 2.75) is 26.3 Å². The molecule has 0 unspecified atom stereocenters. The summed E-state index contributed by atoms with van der Waals surface area (Å²) in [4.78, 5) is 31.0. The van der Waals surface area contributed by atoms with Crippen LogP contribution in [-0.4, -0.2) is 30.5 Å². The van der Waals surface area contributed by atoms with Crippen LogP contribution in [0.3, 0.4) is 0 Å². The summed E-state index contributed by atoms with van der Waals surface area (Å²) in [5.41, 5.74) is 1.73. The van der Waals surface area contributed by atoms with Gasteiger partial charge in [0.2, 0.25) is 11.8 Å². The largest absolute Gasteiger partial charge is 0.497 e. The van der Waals surface area contributed by atoms with E-state index in [1.54, 1.807) is 12.0 Å². The third-order valence-corrected chi connectivity index (χ3v) is 5.46. The zero-order valence-electron chi connectivity index (χ0n) is 16.1. The summed E-state index contributed by atoms with van der Waals surface area (Å²) in [6.45, 7) is 3.88. The van der Waals surface area contributed by atoms with Crippen molar-refractivity contribution in [1.29, 1.82) is 0 Å². The molecule has 2 aromatic carbocycles. The summed E-state index contributed by atoms with van der Waals surface area (Å²) in [5, 5.41) is 3.55. The number of hydrogen-bond acceptors (Lipinski definition) is 5. The zero-order valence-corrected chi connectivity index (χ0v) is 17.0. The summed E-state index contributed by atoms with van der Waals surface area (Å²) in [5.74, 6) is 0.453. The molecule has 3 aromatic rings. The van der Waals surface area contributed by atoms with Crippen molar-refractivity contribution in [3.8, 4) is 5.75 Å². The van der Waals surface area contributed by atoms with Gasteiger partial charge in [-0.3, -0.25) is 14.5 Å². The second-order valence-electron chi connectivity index (χ2n) is 6.33. The molecule has 7 heteroatoms. The Hall–Kier alpha value is -2.93. The number of rotatable bonds is 7. The number of nitrogens with zero attached hydrogens (tertiary/aromatic N) is 2. The Morgan fingerprint density at radius 3 is 2.50 bits per heavy atom. The van der Waals surface area contributed by atoms with Crippen molar-refractivity contribution in [3.63, 3.8) is 0 Å². The summed E-state index contributed by atoms with van der Waals surface area (Å²) in [6, 6.07) is 14.8. The minimum Gasteiger partial charge on any atom is -0.497 e. The molecule has 1 aromatic heterocycles. The van der Waals surface area contributed by atoms with Crippen LogP contribution in [-0.2, 0) is 9.59 Å². The number of para-hydroxylation sites is 1. The van der Waals surface area contributed by atoms with E-state index in [1.165, 1.54) is 18.3 Å². The molecule has 0 saturated carbocycles. The maximum absolute atomic E-state index is 13.1. The number of amides is 2. The monoisotopic (exact) mass is 397 g/mol. The number of aromatic nitrogens is 1. The van der Waals surface area contributed by atoms with Gasteiger partial charge in [-0.1, -0.05) is 35.6 Å². The van der Waals surface area contributed by atoms with E-state index >= 15 is 0 Å². The molecule has 28 heavy (non-hydrogen) atoms. The first-order chi connectivity index (χ1) is 13.5. The number of hydrogen-bond donors (Lipinski definition) is 1. The summed E-state index contributed by atoms with van der Waals surface area (Å²) < 4.78 is 6.22. The predicted octanol–water partition coefficient (Wildman–Crippen LogP) is 3.93. The van der Waals surface area contributed by atoms with Gasteiger partial charge in [0.1, 0.15) is 5.75 Å². The van der Waals surface area contributed by atoms with Crippen LogP contribution in [0.4, 0.5) is 5.13 Å². The van der Waals surface area contributed by atoms with E-state index in [1.807, 2.05) is 55.5 Å². The summed E-state index contributed by atoms with van der Waals surface area (Å²) in [7, 11) is 1.60. The summed E-state index contributed by atoms with van der Waals surface area (Å²) >= 11 is 1.49. The average Bonchev–Trinajstić information content (AvgIpc) is 3.11. The van der Waals surface area contributed by atoms with Gasteiger partial charge in [-0.25, -0.2) is 4.98 Å². The molecule has 1 atom stereocenters. The molecular weight excluding hydrogens is 374 g/mol. The highest BCUT2D eigenvalue weighted by atomic mass is 32.1. The van der Waals surface area contributed by atoms with Crippen LogP contribution in [0.1, 0.15) is 31.9 Å². The highest BCUT2D eigenvalue weighted by Gasteiger charge is 2.23. The summed E-state index contributed by atoms with van der Waals surface area (Å²) in [6.07, 6.45) is 0.148. The number of carbonyl (C=O) groups is 2. The maximum atomic E-state index is 13.1. The molecule has 146 valence electrons. The molecule has 0 fully saturated rings. The molecule has 2 amide bonds. The van der Waals surface area contributed by atoms with E-state index < -0.39 is 6.04 Å². The minimum absolute atomic E-state index is 0.0869. The van der Waals surface area contributed by atoms with Gasteiger partial charge in [-0.05, 0) is 36.8 Å². The first-order valence-corrected chi connectivity index (χ1v) is 9.90. The highest BCUT2D eigenvalue weighted by Crippen LogP contribution is 2.30. The Kier molecular flexibility index (Phi) is 6.26. The number of benzene rings is 2. The Morgan fingerprint density at radius 2 is 1.89 bits per heavy atom. The molecule has 0 spiro atoms. The van der Waals surface area contributed by atoms with Crippen molar-refractivity contribution in [1.82, 2.24) is 10.3 Å². The zero-order chi connectivity index (χ0) is 20.1. The van der Waals surface area contributed by atoms with Gasteiger partial charge in [0.05, 0.1) is 29.8 Å². The number of fused-ring (bicyclic) bond motifs is 1. The predicted molar refractivity (Wildman–Crippen MR) is 112 cm³/mol. The standard InChI is InChI=1S/C21H23N3O3S/c1-4-24(21-23-17-7-5-6-8-19(17)28-21)20(26)13-18(22-14(2)25)15-9-11-16(27-3)12-10-15/h5-12,18H,4,13H2,1-3H3,(H,22,25)/t18-/m0/s1. The van der Waals surface area contributed by atoms with Gasteiger partial charge in [-0.15, -0.1) is 0 Å². The number of anilines is 1. The van der Waals surface area contributed by atoms with Gasteiger partial charge in [-0.2, -0.15) is 0 Å². The molecule has 0 aliphatic rings. The van der Waals surface area contributed by atoms with E-state index in [0.717, 1.165) is 21.5 Å². The molecule has 0 saturated heterocycles. The number of carbonyl (C=O) groups excluding carboxylic acids is 2. The fourth-order valence-electron chi connectivity index (χ4n) is 3.01. The topological polar surface area (TPSA) is 71.5 Å². The molecular formula is C21H23N3O3S. The molecule has 1 N–H and O–H groups in total. The Labute approximate surface area is 168 Å². The van der Waals surface area contributed by atoms with Crippen LogP contribution in [0.25, 0.3) is 10.2 Å². The quantitative estimate of drug-likeness (QED) is 0.656. The number of ether oxygens (including phenoxy) is 1. The van der Waals surface area contributed by atoms with Gasteiger partial charge in [0, 0.05) is 13.5 Å². The maximum Gasteiger partial charge on any atom is 0.231 e. The van der Waals surface area contributed by atoms with Gasteiger partial charge < -0.3 is 10.1 Å². The van der Waals surface area contributed by atoms with Gasteiger partial charge in [0.25, 0.3) is 0 Å². The van der Waals surface area contributed by atoms with Crippen molar-refractivity contribution in [3.05, 3.63) is 54.1 Å². The van der Waals surface area contributed by atoms with Gasteiger partial charge in [0.15, 0.2) is 5.13 Å². The lowest BCUT2D eigenvalue weighted by atomic mass is 10.0. The molecule has 0 radical (unpaired) electrons. The highest BCUT2D eigenvalue weighted by molar-refractivity contribution is 7.22. The minimum atomic E-state index is -0.417. The molecule has 0 aliphatic carbocycles. The fourth-order valence-corrected chi connectivity index (χ4v) is 4.06. The van der Waals surface area contributed by atoms with Crippen molar-refractivity contribution in [2.75, 3.05) is 18.6 Å². The number of methoxy groups -OCH3 is 1. The van der Waals surface area contributed by atoms with Crippen molar-refractivity contribution in [2.24, 2.45) is 0 Å². The lowest BCUT2D eigenvalue weighted by Gasteiger charge is -2.23. The Morgan fingerprint density at radius 1 is 1.18 bits per heavy atom. The van der Waals surface area contributed by atoms with E-state index in [0.29, 0.717) is 11.7 Å². The van der Waals surface area contributed by atoms with E-state index in [-0.39, 0.29) is 18.2 Å². The average molecular weight is 398 g/mol. The van der Waals surface area contributed by atoms with Gasteiger partial charge >= 0.3 is 0 Å². The van der Waals surface area contributed by atoms with Crippen LogP contribution in [0, 0.1) is 0 Å². The van der Waals surface area contributed by atoms with Crippen LogP contribution in [0.5, 0.6) is 5.75 Å². The number of thiazole rings is 1. The second kappa shape index (κ2) is 8.84. The van der Waals surface area contributed by atoms with Crippen LogP contribution in [0.2, 0.25) is 0 Å². The molecule has 0 bridgehead atoms. The molecule has 1 heterocycles. The number of nitrogens with one attached hydrogen (secondary N) is 1. The van der Waals surface area contributed by atoms with E-state index in [4.69, 9.17) is 4.74 Å². The third-order valence-electron chi connectivity index (χ3n) is 4.41. The molecule has 6 nitrogen and oxygen atoms in total. The molecule has 0 aliphatic heterocycles. The first-order valence-electron chi connectivity index (χ1n) is 9.08. The van der Waals surface area contributed by atoms with E-state index in [9.17, 15) is 9.59 Å². The van der Waals surface area contributed by atoms with Crippen molar-refractivity contribution < 1.29 is 14.3 Å². The Bertz CT molecular complexity index is 935. The van der Waals surface area contributed by atoms with Crippen LogP contribution < -0.4 is 15.0 Å². The second-order valence-corrected chi connectivity index (χ2v) is 7.34. The Balaban J connectivity index is 1.83. The third kappa shape index (κ3) is 4.48. The smallest absolute Gasteiger partial charge is 0.231 e. The normalized spacial score (nSPS) is 11.8. The van der Waals surface area contributed by atoms with Crippen molar-refractivity contribution >= 4 is 38.5 Å². The fraction of sp³-hybridized carbons (Fsp3) is 0.286. The molecule has 3 rings (SSSR count). The SMILES string of the molecule is CCN(C(=O)C[C@H](NC(C)=O)c1ccc(OC)cc1)c1nc2ccccc2s1.